The summed E-state index contributed by atoms with van der Waals surface area (Å²) in [6.07, 6.45) is 3.91. The van der Waals surface area contributed by atoms with Crippen LogP contribution >= 0.6 is 0 Å². The van der Waals surface area contributed by atoms with Crippen molar-refractivity contribution in [3.63, 3.8) is 0 Å². The number of nitriles is 1. The van der Waals surface area contributed by atoms with Crippen LogP contribution in [0.15, 0.2) is 85.1 Å². The van der Waals surface area contributed by atoms with Crippen molar-refractivity contribution in [3.05, 3.63) is 108 Å². The molecule has 0 bridgehead atoms. The molecule has 0 aliphatic heterocycles. The van der Waals surface area contributed by atoms with Crippen LogP contribution in [0.3, 0.4) is 0 Å². The first kappa shape index (κ1) is 16.8. The minimum absolute atomic E-state index is 0.221. The third-order valence-corrected chi connectivity index (χ3v) is 4.55. The number of fused-ring (bicyclic) bond motifs is 1. The minimum atomic E-state index is -0.221. The van der Waals surface area contributed by atoms with Crippen molar-refractivity contribution in [2.24, 2.45) is 0 Å². The van der Waals surface area contributed by atoms with Gasteiger partial charge in [0.15, 0.2) is 0 Å². The summed E-state index contributed by atoms with van der Waals surface area (Å²) in [4.78, 5) is 0. The Morgan fingerprint density at radius 2 is 1.81 bits per heavy atom. The predicted octanol–water partition coefficient (Wildman–Crippen LogP) is 5.89. The van der Waals surface area contributed by atoms with Gasteiger partial charge in [-0.3, -0.25) is 0 Å². The van der Waals surface area contributed by atoms with E-state index in [0.717, 1.165) is 27.6 Å². The number of benzene rings is 3. The van der Waals surface area contributed by atoms with Gasteiger partial charge in [-0.1, -0.05) is 48.5 Å². The lowest BCUT2D eigenvalue weighted by molar-refractivity contribution is 0.624. The van der Waals surface area contributed by atoms with Crippen LogP contribution in [0.25, 0.3) is 22.6 Å². The van der Waals surface area contributed by atoms with Crippen LogP contribution in [-0.4, -0.2) is 4.57 Å². The molecular weight excluding hydrogens is 335 g/mol. The fourth-order valence-corrected chi connectivity index (χ4v) is 3.24. The zero-order valence-electron chi connectivity index (χ0n) is 14.6. The normalized spacial score (nSPS) is 11.5. The topological polar surface area (TPSA) is 28.7 Å². The molecule has 4 aromatic rings. The maximum Gasteiger partial charge on any atom is 0.123 e. The summed E-state index contributed by atoms with van der Waals surface area (Å²) in [5.41, 5.74) is 4.52. The van der Waals surface area contributed by atoms with Gasteiger partial charge in [0.25, 0.3) is 0 Å². The van der Waals surface area contributed by atoms with Gasteiger partial charge in [0.1, 0.15) is 5.82 Å². The number of allylic oxidation sites excluding steroid dienone is 1. The first-order valence-electron chi connectivity index (χ1n) is 8.73. The van der Waals surface area contributed by atoms with Gasteiger partial charge in [-0.25, -0.2) is 4.39 Å². The second-order valence-corrected chi connectivity index (χ2v) is 6.43. The molecule has 3 heteroatoms. The van der Waals surface area contributed by atoms with Crippen LogP contribution < -0.4 is 0 Å². The summed E-state index contributed by atoms with van der Waals surface area (Å²) >= 11 is 0. The Morgan fingerprint density at radius 1 is 0.963 bits per heavy atom. The predicted molar refractivity (Wildman–Crippen MR) is 107 cm³/mol. The molecular formula is C24H17FN2. The molecule has 1 heterocycles. The number of hydrogen-bond acceptors (Lipinski definition) is 1. The molecule has 0 atom stereocenters. The molecule has 0 spiro atoms. The van der Waals surface area contributed by atoms with E-state index in [1.54, 1.807) is 12.1 Å². The van der Waals surface area contributed by atoms with Crippen LogP contribution in [-0.2, 0) is 6.54 Å². The van der Waals surface area contributed by atoms with Crippen molar-refractivity contribution >= 4 is 22.6 Å². The van der Waals surface area contributed by atoms with E-state index in [4.69, 9.17) is 0 Å². The molecule has 0 amide bonds. The minimum Gasteiger partial charge on any atom is -0.343 e. The van der Waals surface area contributed by atoms with Crippen molar-refractivity contribution in [2.45, 2.75) is 6.54 Å². The molecule has 0 unspecified atom stereocenters. The zero-order valence-corrected chi connectivity index (χ0v) is 14.6. The highest BCUT2D eigenvalue weighted by Gasteiger charge is 2.05. The molecule has 0 N–H and O–H groups in total. The lowest BCUT2D eigenvalue weighted by atomic mass is 10.0. The summed E-state index contributed by atoms with van der Waals surface area (Å²) < 4.78 is 15.5. The number of halogens is 1. The van der Waals surface area contributed by atoms with Gasteiger partial charge in [0.2, 0.25) is 0 Å². The molecule has 0 aliphatic rings. The fourth-order valence-electron chi connectivity index (χ4n) is 3.24. The average molecular weight is 352 g/mol. The zero-order chi connectivity index (χ0) is 18.6. The molecule has 0 fully saturated rings. The quantitative estimate of drug-likeness (QED) is 0.332. The summed E-state index contributed by atoms with van der Waals surface area (Å²) in [5.74, 6) is -0.221. The summed E-state index contributed by atoms with van der Waals surface area (Å²) in [7, 11) is 0. The van der Waals surface area contributed by atoms with Gasteiger partial charge < -0.3 is 4.57 Å². The fraction of sp³-hybridized carbons (Fsp3) is 0.0417. The van der Waals surface area contributed by atoms with Crippen LogP contribution in [0.5, 0.6) is 0 Å². The Bertz CT molecular complexity index is 1160. The summed E-state index contributed by atoms with van der Waals surface area (Å²) in [6, 6.07) is 26.8. The number of hydrogen-bond donors (Lipinski definition) is 0. The van der Waals surface area contributed by atoms with E-state index in [9.17, 15) is 9.65 Å². The van der Waals surface area contributed by atoms with Crippen LogP contribution in [0.1, 0.15) is 16.7 Å². The monoisotopic (exact) mass is 352 g/mol. The molecule has 4 rings (SSSR count). The molecule has 2 nitrogen and oxygen atoms in total. The highest BCUT2D eigenvalue weighted by Crippen LogP contribution is 2.23. The summed E-state index contributed by atoms with van der Waals surface area (Å²) in [6.45, 7) is 0.615. The van der Waals surface area contributed by atoms with Crippen molar-refractivity contribution in [1.29, 1.82) is 5.26 Å². The standard InChI is InChI=1S/C24H17FN2/c25-23-8-4-5-19(15-23)17-27-12-11-21-13-18(9-10-24(21)27)14-22(16-26)20-6-2-1-3-7-20/h1-15H,17H2/b22-14-. The third kappa shape index (κ3) is 3.65. The second kappa shape index (κ2) is 7.31. The molecule has 0 saturated heterocycles. The Labute approximate surface area is 157 Å². The van der Waals surface area contributed by atoms with E-state index < -0.39 is 0 Å². The molecule has 130 valence electrons. The highest BCUT2D eigenvalue weighted by atomic mass is 19.1. The Kier molecular flexibility index (Phi) is 4.55. The van der Waals surface area contributed by atoms with Gasteiger partial charge in [-0.2, -0.15) is 5.26 Å². The Balaban J connectivity index is 1.66. The average Bonchev–Trinajstić information content (AvgIpc) is 3.09. The van der Waals surface area contributed by atoms with Gasteiger partial charge >= 0.3 is 0 Å². The second-order valence-electron chi connectivity index (χ2n) is 6.43. The Hall–Kier alpha value is -3.64. The van der Waals surface area contributed by atoms with Crippen molar-refractivity contribution in [2.75, 3.05) is 0 Å². The van der Waals surface area contributed by atoms with E-state index in [1.165, 1.54) is 6.07 Å². The largest absolute Gasteiger partial charge is 0.343 e. The van der Waals surface area contributed by atoms with Gasteiger partial charge in [-0.05, 0) is 53.1 Å². The number of aromatic nitrogens is 1. The number of nitrogens with zero attached hydrogens (tertiary/aromatic N) is 2. The van der Waals surface area contributed by atoms with Crippen LogP contribution in [0.2, 0.25) is 0 Å². The third-order valence-electron chi connectivity index (χ3n) is 4.55. The highest BCUT2D eigenvalue weighted by molar-refractivity contribution is 5.92. The molecule has 0 aliphatic carbocycles. The van der Waals surface area contributed by atoms with E-state index in [0.29, 0.717) is 12.1 Å². The van der Waals surface area contributed by atoms with Crippen molar-refractivity contribution in [1.82, 2.24) is 4.57 Å². The van der Waals surface area contributed by atoms with Crippen molar-refractivity contribution in [3.8, 4) is 6.07 Å². The Morgan fingerprint density at radius 3 is 2.59 bits per heavy atom. The lowest BCUT2D eigenvalue weighted by Gasteiger charge is -2.06. The van der Waals surface area contributed by atoms with Gasteiger partial charge in [-0.15, -0.1) is 0 Å². The van der Waals surface area contributed by atoms with E-state index in [1.807, 2.05) is 66.9 Å². The van der Waals surface area contributed by atoms with Gasteiger partial charge in [0.05, 0.1) is 11.6 Å². The van der Waals surface area contributed by atoms with E-state index in [-0.39, 0.29) is 5.82 Å². The van der Waals surface area contributed by atoms with Crippen molar-refractivity contribution < 1.29 is 4.39 Å². The maximum absolute atomic E-state index is 13.4. The lowest BCUT2D eigenvalue weighted by Crippen LogP contribution is -1.98. The first-order valence-corrected chi connectivity index (χ1v) is 8.73. The molecule has 1 aromatic heterocycles. The van der Waals surface area contributed by atoms with Crippen LogP contribution in [0.4, 0.5) is 4.39 Å². The molecule has 3 aromatic carbocycles. The van der Waals surface area contributed by atoms with E-state index in [2.05, 4.69) is 16.7 Å². The molecule has 0 radical (unpaired) electrons. The van der Waals surface area contributed by atoms with Crippen LogP contribution in [0, 0.1) is 17.1 Å². The molecule has 27 heavy (non-hydrogen) atoms. The first-order chi connectivity index (χ1) is 13.2. The van der Waals surface area contributed by atoms with E-state index >= 15 is 0 Å². The van der Waals surface area contributed by atoms with Gasteiger partial charge in [0, 0.05) is 23.6 Å². The number of rotatable bonds is 4. The molecule has 0 saturated carbocycles. The summed E-state index contributed by atoms with van der Waals surface area (Å²) in [5, 5.41) is 10.6. The smallest absolute Gasteiger partial charge is 0.123 e. The SMILES string of the molecule is N#C/C(=C/c1ccc2c(ccn2Cc2cccc(F)c2)c1)c1ccccc1. The maximum atomic E-state index is 13.4.